The molecule has 0 fully saturated rings. The van der Waals surface area contributed by atoms with Crippen LogP contribution in [0.5, 0.6) is 5.75 Å². The van der Waals surface area contributed by atoms with Gasteiger partial charge < -0.3 is 9.63 Å². The van der Waals surface area contributed by atoms with E-state index < -0.39 is 0 Å². The van der Waals surface area contributed by atoms with Crippen LogP contribution in [-0.4, -0.2) is 15.2 Å². The first-order chi connectivity index (χ1) is 10.2. The van der Waals surface area contributed by atoms with Gasteiger partial charge in [-0.25, -0.2) is 0 Å². The highest BCUT2D eigenvalue weighted by Crippen LogP contribution is 2.27. The number of phenols is 1. The average Bonchev–Trinajstić information content (AvgIpc) is 2.98. The normalized spacial score (nSPS) is 10.7. The number of thioether (sulfide) groups is 1. The fourth-order valence-corrected chi connectivity index (χ4v) is 2.84. The van der Waals surface area contributed by atoms with E-state index in [4.69, 9.17) is 4.52 Å². The minimum absolute atomic E-state index is 0.214. The molecule has 1 aromatic heterocycles. The zero-order chi connectivity index (χ0) is 14.7. The van der Waals surface area contributed by atoms with E-state index in [0.717, 1.165) is 14.0 Å². The van der Waals surface area contributed by atoms with Gasteiger partial charge in [-0.1, -0.05) is 23.4 Å². The largest absolute Gasteiger partial charge is 0.507 e. The van der Waals surface area contributed by atoms with E-state index in [0.29, 0.717) is 17.5 Å². The summed E-state index contributed by atoms with van der Waals surface area (Å²) in [6, 6.07) is 15.4. The van der Waals surface area contributed by atoms with Gasteiger partial charge in [0.15, 0.2) is 5.82 Å². The lowest BCUT2D eigenvalue weighted by Crippen LogP contribution is -1.84. The molecule has 0 atom stereocenters. The molecule has 6 heteroatoms. The van der Waals surface area contributed by atoms with Gasteiger partial charge in [0.05, 0.1) is 9.32 Å². The smallest absolute Gasteiger partial charge is 0.258 e. The van der Waals surface area contributed by atoms with Crippen molar-refractivity contribution in [2.75, 3.05) is 0 Å². The molecular formula is C15H11IN2O2S. The molecule has 0 saturated carbocycles. The molecule has 0 aliphatic heterocycles. The Morgan fingerprint density at radius 1 is 1.14 bits per heavy atom. The molecule has 106 valence electrons. The summed E-state index contributed by atoms with van der Waals surface area (Å²) in [7, 11) is 0. The maximum absolute atomic E-state index is 9.72. The zero-order valence-electron chi connectivity index (χ0n) is 10.9. The van der Waals surface area contributed by atoms with Crippen LogP contribution in [0.2, 0.25) is 0 Å². The minimum Gasteiger partial charge on any atom is -0.507 e. The summed E-state index contributed by atoms with van der Waals surface area (Å²) in [5, 5.41) is 13.7. The van der Waals surface area contributed by atoms with Crippen molar-refractivity contribution >= 4 is 34.4 Å². The maximum Gasteiger partial charge on any atom is 0.258 e. The third-order valence-electron chi connectivity index (χ3n) is 2.77. The molecule has 0 amide bonds. The van der Waals surface area contributed by atoms with Gasteiger partial charge in [-0.3, -0.25) is 0 Å². The van der Waals surface area contributed by atoms with Crippen LogP contribution in [0.15, 0.2) is 57.9 Å². The predicted molar refractivity (Wildman–Crippen MR) is 90.1 cm³/mol. The Labute approximate surface area is 139 Å². The molecule has 3 rings (SSSR count). The Balaban J connectivity index is 1.72. The lowest BCUT2D eigenvalue weighted by Gasteiger charge is -1.98. The highest BCUT2D eigenvalue weighted by molar-refractivity contribution is 14.1. The molecule has 0 aliphatic rings. The molecule has 4 nitrogen and oxygen atoms in total. The first-order valence-electron chi connectivity index (χ1n) is 6.22. The third kappa shape index (κ3) is 3.56. The molecular weight excluding hydrogens is 399 g/mol. The van der Waals surface area contributed by atoms with Gasteiger partial charge in [0.25, 0.3) is 5.89 Å². The Kier molecular flexibility index (Phi) is 4.45. The lowest BCUT2D eigenvalue weighted by molar-refractivity contribution is 0.424. The van der Waals surface area contributed by atoms with Crippen molar-refractivity contribution in [3.8, 4) is 17.2 Å². The Hall–Kier alpha value is -1.54. The molecule has 0 saturated heterocycles. The van der Waals surface area contributed by atoms with Gasteiger partial charge in [0.2, 0.25) is 0 Å². The van der Waals surface area contributed by atoms with Crippen LogP contribution >= 0.6 is 34.4 Å². The summed E-state index contributed by atoms with van der Waals surface area (Å²) >= 11 is 3.72. The van der Waals surface area contributed by atoms with Crippen LogP contribution in [0.25, 0.3) is 11.5 Å². The van der Waals surface area contributed by atoms with Crippen LogP contribution in [0, 0.1) is 3.57 Å². The topological polar surface area (TPSA) is 59.2 Å². The predicted octanol–water partition coefficient (Wildman–Crippen LogP) is 4.34. The van der Waals surface area contributed by atoms with E-state index in [1.807, 2.05) is 42.5 Å². The van der Waals surface area contributed by atoms with Gasteiger partial charge >= 0.3 is 0 Å². The molecule has 1 N–H and O–H groups in total. The van der Waals surface area contributed by atoms with Crippen molar-refractivity contribution in [3.05, 3.63) is 57.9 Å². The average molecular weight is 410 g/mol. The highest BCUT2D eigenvalue weighted by atomic mass is 127. The molecule has 2 aromatic carbocycles. The molecule has 0 radical (unpaired) electrons. The molecule has 1 heterocycles. The van der Waals surface area contributed by atoms with Crippen molar-refractivity contribution in [1.29, 1.82) is 0 Å². The van der Waals surface area contributed by atoms with Crippen LogP contribution in [-0.2, 0) is 5.75 Å². The van der Waals surface area contributed by atoms with Crippen LogP contribution < -0.4 is 0 Å². The molecule has 0 aliphatic carbocycles. The van der Waals surface area contributed by atoms with E-state index in [1.165, 1.54) is 0 Å². The highest BCUT2D eigenvalue weighted by Gasteiger charge is 2.10. The quantitative estimate of drug-likeness (QED) is 0.512. The number of nitrogens with zero attached hydrogens (tertiary/aromatic N) is 2. The van der Waals surface area contributed by atoms with Crippen molar-refractivity contribution in [2.24, 2.45) is 0 Å². The molecule has 0 unspecified atom stereocenters. The van der Waals surface area contributed by atoms with Crippen molar-refractivity contribution in [1.82, 2.24) is 10.1 Å². The number of hydrogen-bond acceptors (Lipinski definition) is 5. The van der Waals surface area contributed by atoms with E-state index in [9.17, 15) is 5.11 Å². The summed E-state index contributed by atoms with van der Waals surface area (Å²) in [6.45, 7) is 0. The first kappa shape index (κ1) is 14.4. The number of phenolic OH excluding ortho intramolecular Hbond substituents is 1. The van der Waals surface area contributed by atoms with Crippen molar-refractivity contribution in [2.45, 2.75) is 10.6 Å². The number of aromatic nitrogens is 2. The Bertz CT molecular complexity index is 746. The van der Waals surface area contributed by atoms with Gasteiger partial charge in [-0.15, -0.1) is 11.8 Å². The Morgan fingerprint density at radius 3 is 2.71 bits per heavy atom. The summed E-state index contributed by atoms with van der Waals surface area (Å²) in [6.07, 6.45) is 0. The van der Waals surface area contributed by atoms with Gasteiger partial charge in [-0.05, 0) is 52.9 Å². The standard InChI is InChI=1S/C15H11IN2O2S/c16-12-7-6-10(8-13(12)19)15-17-14(18-20-15)9-21-11-4-2-1-3-5-11/h1-8,19H,9H2. The number of benzene rings is 2. The second-order valence-corrected chi connectivity index (χ2v) is 6.49. The first-order valence-corrected chi connectivity index (χ1v) is 8.28. The van der Waals surface area contributed by atoms with Gasteiger partial charge in [-0.2, -0.15) is 4.98 Å². The van der Waals surface area contributed by atoms with E-state index in [2.05, 4.69) is 32.7 Å². The van der Waals surface area contributed by atoms with Crippen LogP contribution in [0.4, 0.5) is 0 Å². The molecule has 21 heavy (non-hydrogen) atoms. The SMILES string of the molecule is Oc1cc(-c2nc(CSc3ccccc3)no2)ccc1I. The Morgan fingerprint density at radius 2 is 1.95 bits per heavy atom. The van der Waals surface area contributed by atoms with Crippen molar-refractivity contribution in [3.63, 3.8) is 0 Å². The van der Waals surface area contributed by atoms with Crippen molar-refractivity contribution < 1.29 is 9.63 Å². The number of halogens is 1. The van der Waals surface area contributed by atoms with Gasteiger partial charge in [0, 0.05) is 10.5 Å². The fourth-order valence-electron chi connectivity index (χ4n) is 1.74. The summed E-state index contributed by atoms with van der Waals surface area (Å²) < 4.78 is 6.03. The van der Waals surface area contributed by atoms with Crippen LogP contribution in [0.1, 0.15) is 5.82 Å². The monoisotopic (exact) mass is 410 g/mol. The second kappa shape index (κ2) is 6.48. The zero-order valence-corrected chi connectivity index (χ0v) is 13.8. The third-order valence-corrected chi connectivity index (χ3v) is 4.69. The molecule has 0 bridgehead atoms. The maximum atomic E-state index is 9.72. The number of rotatable bonds is 4. The van der Waals surface area contributed by atoms with E-state index in [-0.39, 0.29) is 5.75 Å². The van der Waals surface area contributed by atoms with Crippen LogP contribution in [0.3, 0.4) is 0 Å². The number of hydrogen-bond donors (Lipinski definition) is 1. The fraction of sp³-hybridized carbons (Fsp3) is 0.0667. The summed E-state index contributed by atoms with van der Waals surface area (Å²) in [4.78, 5) is 5.52. The lowest BCUT2D eigenvalue weighted by atomic mass is 10.2. The minimum atomic E-state index is 0.214. The van der Waals surface area contributed by atoms with Gasteiger partial charge in [0.1, 0.15) is 5.75 Å². The summed E-state index contributed by atoms with van der Waals surface area (Å²) in [5.74, 6) is 1.91. The van der Waals surface area contributed by atoms with E-state index in [1.54, 1.807) is 17.8 Å². The molecule has 0 spiro atoms. The second-order valence-electron chi connectivity index (χ2n) is 4.28. The summed E-state index contributed by atoms with van der Waals surface area (Å²) in [5.41, 5.74) is 0.719. The van der Waals surface area contributed by atoms with E-state index >= 15 is 0 Å². The molecule has 3 aromatic rings. The number of aromatic hydroxyl groups is 1.